The summed E-state index contributed by atoms with van der Waals surface area (Å²) in [6.07, 6.45) is 12.9. The van der Waals surface area contributed by atoms with Crippen molar-refractivity contribution in [2.45, 2.75) is 19.5 Å². The summed E-state index contributed by atoms with van der Waals surface area (Å²) in [5.74, 6) is 0. The molecule has 1 aromatic heterocycles. The zero-order valence-corrected chi connectivity index (χ0v) is 19.8. The first-order chi connectivity index (χ1) is 8.38. The zero-order valence-electron chi connectivity index (χ0n) is 15.6. The Kier molecular flexibility index (Phi) is 55.9. The third kappa shape index (κ3) is 19.8. The van der Waals surface area contributed by atoms with E-state index < -0.39 is 0 Å². The quantitative estimate of drug-likeness (QED) is 0.361. The predicted octanol–water partition coefficient (Wildman–Crippen LogP) is 6.70. The second-order valence-electron chi connectivity index (χ2n) is 3.50. The number of para-hydroxylation sites is 1. The maximum atomic E-state index is 2.99. The van der Waals surface area contributed by atoms with Crippen molar-refractivity contribution in [2.75, 3.05) is 0 Å². The third-order valence-electron chi connectivity index (χ3n) is 1.98. The van der Waals surface area contributed by atoms with Crippen LogP contribution in [0.25, 0.3) is 10.9 Å². The molecule has 0 amide bonds. The summed E-state index contributed by atoms with van der Waals surface area (Å²) in [6.45, 7) is 4.31. The van der Waals surface area contributed by atoms with Gasteiger partial charge in [-0.05, 0) is 0 Å². The molecule has 0 bridgehead atoms. The second-order valence-corrected chi connectivity index (χ2v) is 4.50. The van der Waals surface area contributed by atoms with Crippen LogP contribution in [0.5, 0.6) is 0 Å². The van der Waals surface area contributed by atoms with Crippen molar-refractivity contribution in [1.82, 2.24) is 4.98 Å². The van der Waals surface area contributed by atoms with Crippen LogP contribution in [-0.2, 0) is 21.7 Å². The topological polar surface area (TPSA) is 15.8 Å². The molecule has 1 aliphatic carbocycles. The van der Waals surface area contributed by atoms with Crippen LogP contribution >= 0.6 is 24.8 Å². The number of fused-ring (bicyclic) bond motifs is 1. The van der Waals surface area contributed by atoms with Gasteiger partial charge in [-0.3, -0.25) is 6.08 Å². The fraction of sp³-hybridized carbons (Fsp3) is 0.158. The Bertz CT molecular complexity index is 445. The van der Waals surface area contributed by atoms with E-state index in [-0.39, 0.29) is 76.2 Å². The summed E-state index contributed by atoms with van der Waals surface area (Å²) in [4.78, 5) is 2.99. The van der Waals surface area contributed by atoms with E-state index in [1.54, 1.807) is 0 Å². The number of hydrogen-bond donors (Lipinski definition) is 1. The van der Waals surface area contributed by atoms with E-state index in [9.17, 15) is 0 Å². The molecule has 0 saturated heterocycles. The monoisotopic (exact) mass is 419 g/mol. The van der Waals surface area contributed by atoms with E-state index in [0.29, 0.717) is 0 Å². The van der Waals surface area contributed by atoms with Gasteiger partial charge < -0.3 is 34.7 Å². The molecule has 0 saturated carbocycles. The van der Waals surface area contributed by atoms with Gasteiger partial charge >= 0.3 is 0 Å². The predicted molar refractivity (Wildman–Crippen MR) is 116 cm³/mol. The molecule has 0 fully saturated rings. The molecule has 2 aromatic rings. The van der Waals surface area contributed by atoms with Gasteiger partial charge in [0, 0.05) is 31.2 Å². The van der Waals surface area contributed by atoms with Gasteiger partial charge in [0.2, 0.25) is 0 Å². The first-order valence-corrected chi connectivity index (χ1v) is 7.62. The number of aromatic nitrogens is 1. The smallest absolute Gasteiger partial charge is 0.0307 e. The van der Waals surface area contributed by atoms with Crippen LogP contribution < -0.4 is 0 Å². The molecular weight excluding hydrogens is 389 g/mol. The number of nitrogens with one attached hydrogen (secondary N) is 1. The molecule has 0 atom stereocenters. The van der Waals surface area contributed by atoms with Crippen LogP contribution in [0.3, 0.4) is 0 Å². The summed E-state index contributed by atoms with van der Waals surface area (Å²) >= 11 is 0. The van der Waals surface area contributed by atoms with Crippen molar-refractivity contribution in [1.29, 1.82) is 0 Å². The van der Waals surface area contributed by atoms with Crippen molar-refractivity contribution in [2.24, 2.45) is 0 Å². The number of benzene rings is 1. The van der Waals surface area contributed by atoms with Gasteiger partial charge in [-0.2, -0.15) is 17.5 Å². The average Bonchev–Trinajstić information content (AvgIpc) is 3.05. The minimum atomic E-state index is 0. The standard InChI is InChI=1S/C8H6N.C5H5.C2H6Si.4CH3.2ClH.Ti/c1-2-4-8-7(3-1)5-6-9-8;1-2-4-5-3-1;1-3-2;;;;;;;/h1-5,9H;1-3H,4H2;1-2H3;4*1H3;2*1H;/q2*-1;;4*-1;;;. The van der Waals surface area contributed by atoms with Gasteiger partial charge in [-0.15, -0.1) is 55.1 Å². The SMILES string of the molecule is C[Si]C.Cl.Cl.[C-]1=CC=CC1.[CH3-].[CH3-].[CH3-].[CH3-].[Ti].[c-]1cc2ccccc2[nH]1. The number of halogens is 2. The summed E-state index contributed by atoms with van der Waals surface area (Å²) in [5, 5.41) is 1.22. The van der Waals surface area contributed by atoms with E-state index in [2.05, 4.69) is 42.5 Å². The molecular formula is C19H31Cl2NSiTi-6. The minimum Gasteiger partial charge on any atom is -0.477 e. The summed E-state index contributed by atoms with van der Waals surface area (Å²) < 4.78 is 0. The largest absolute Gasteiger partial charge is 0.477 e. The number of H-pyrrole nitrogens is 1. The van der Waals surface area contributed by atoms with Crippen LogP contribution in [0.4, 0.5) is 0 Å². The van der Waals surface area contributed by atoms with Crippen LogP contribution in [0, 0.1) is 42.0 Å². The Morgan fingerprint density at radius 1 is 1.00 bits per heavy atom. The Hall–Kier alpha value is -0.249. The molecule has 1 aromatic carbocycles. The molecule has 140 valence electrons. The number of allylic oxidation sites excluding steroid dienone is 4. The molecule has 1 nitrogen and oxygen atoms in total. The Morgan fingerprint density at radius 3 is 1.92 bits per heavy atom. The van der Waals surface area contributed by atoms with E-state index in [1.165, 1.54) is 5.39 Å². The van der Waals surface area contributed by atoms with Crippen molar-refractivity contribution < 1.29 is 21.7 Å². The average molecular weight is 420 g/mol. The molecule has 0 spiro atoms. The van der Waals surface area contributed by atoms with Crippen LogP contribution in [0.15, 0.2) is 48.6 Å². The number of aromatic amines is 1. The summed E-state index contributed by atoms with van der Waals surface area (Å²) in [7, 11) is 1.08. The fourth-order valence-corrected chi connectivity index (χ4v) is 1.27. The molecule has 1 N–H and O–H groups in total. The Morgan fingerprint density at radius 2 is 1.54 bits per heavy atom. The molecule has 0 unspecified atom stereocenters. The molecule has 2 radical (unpaired) electrons. The molecule has 5 heteroatoms. The first-order valence-electron chi connectivity index (χ1n) is 5.62. The van der Waals surface area contributed by atoms with Crippen LogP contribution in [-0.4, -0.2) is 14.5 Å². The molecule has 3 rings (SSSR count). The zero-order chi connectivity index (χ0) is 12.3. The van der Waals surface area contributed by atoms with E-state index in [4.69, 9.17) is 0 Å². The van der Waals surface area contributed by atoms with Crippen molar-refractivity contribution >= 4 is 45.2 Å². The van der Waals surface area contributed by atoms with E-state index in [0.717, 1.165) is 21.5 Å². The third-order valence-corrected chi connectivity index (χ3v) is 1.98. The molecule has 1 heterocycles. The molecule has 1 aliphatic rings. The van der Waals surface area contributed by atoms with Gasteiger partial charge in [0.05, 0.1) is 0 Å². The van der Waals surface area contributed by atoms with E-state index >= 15 is 0 Å². The maximum absolute atomic E-state index is 2.99. The Balaban J connectivity index is -0.0000000349. The van der Waals surface area contributed by atoms with Crippen LogP contribution in [0.1, 0.15) is 6.42 Å². The summed E-state index contributed by atoms with van der Waals surface area (Å²) in [6, 6.07) is 10.1. The van der Waals surface area contributed by atoms with Crippen molar-refractivity contribution in [3.63, 3.8) is 0 Å². The van der Waals surface area contributed by atoms with Gasteiger partial charge in [0.25, 0.3) is 0 Å². The van der Waals surface area contributed by atoms with Crippen LogP contribution in [0.2, 0.25) is 13.1 Å². The number of hydrogen-bond acceptors (Lipinski definition) is 0. The number of rotatable bonds is 0. The van der Waals surface area contributed by atoms with Gasteiger partial charge in [0.15, 0.2) is 0 Å². The maximum Gasteiger partial charge on any atom is 0.0307 e. The molecule has 24 heavy (non-hydrogen) atoms. The summed E-state index contributed by atoms with van der Waals surface area (Å²) in [5.41, 5.74) is 1.15. The normalized spacial score (nSPS) is 8.25. The Labute approximate surface area is 181 Å². The van der Waals surface area contributed by atoms with Gasteiger partial charge in [-0.25, -0.2) is 12.2 Å². The van der Waals surface area contributed by atoms with Crippen molar-refractivity contribution in [3.05, 3.63) is 90.5 Å². The molecule has 0 aliphatic heterocycles. The van der Waals surface area contributed by atoms with Gasteiger partial charge in [0.1, 0.15) is 0 Å². The first kappa shape index (κ1) is 43.8. The fourth-order valence-electron chi connectivity index (χ4n) is 1.27. The second kappa shape index (κ2) is 30.6. The van der Waals surface area contributed by atoms with Gasteiger partial charge in [-0.1, -0.05) is 25.2 Å². The minimum absolute atomic E-state index is 0. The van der Waals surface area contributed by atoms with E-state index in [1.807, 2.05) is 36.4 Å². The van der Waals surface area contributed by atoms with Crippen molar-refractivity contribution in [3.8, 4) is 0 Å².